The average Bonchev–Trinajstić information content (AvgIpc) is 3.32. The van der Waals surface area contributed by atoms with Gasteiger partial charge in [-0.1, -0.05) is 6.42 Å². The van der Waals surface area contributed by atoms with Gasteiger partial charge in [0.2, 0.25) is 5.91 Å². The van der Waals surface area contributed by atoms with Crippen LogP contribution in [0.5, 0.6) is 0 Å². The van der Waals surface area contributed by atoms with Crippen molar-refractivity contribution in [3.8, 4) is 11.3 Å². The molecule has 0 aromatic carbocycles. The van der Waals surface area contributed by atoms with Gasteiger partial charge in [0.25, 0.3) is 0 Å². The zero-order chi connectivity index (χ0) is 22.4. The fourth-order valence-electron chi connectivity index (χ4n) is 4.45. The first-order valence-electron chi connectivity index (χ1n) is 10.9. The Hall–Kier alpha value is -3.33. The number of anilines is 1. The lowest BCUT2D eigenvalue weighted by atomic mass is 10.00. The fraction of sp³-hybridized carbons (Fsp3) is 0.391. The van der Waals surface area contributed by atoms with E-state index in [1.807, 2.05) is 26.1 Å². The summed E-state index contributed by atoms with van der Waals surface area (Å²) in [6.07, 6.45) is 8.98. The molecule has 166 valence electrons. The van der Waals surface area contributed by atoms with Crippen LogP contribution < -0.4 is 5.32 Å². The molecule has 1 aliphatic rings. The summed E-state index contributed by atoms with van der Waals surface area (Å²) in [7, 11) is 2.05. The lowest BCUT2D eigenvalue weighted by molar-refractivity contribution is -0.117. The third kappa shape index (κ3) is 3.84. The van der Waals surface area contributed by atoms with Gasteiger partial charge in [0.1, 0.15) is 0 Å². The fourth-order valence-corrected chi connectivity index (χ4v) is 4.45. The number of hydrogen-bond acceptors (Lipinski definition) is 5. The molecule has 8 nitrogen and oxygen atoms in total. The summed E-state index contributed by atoms with van der Waals surface area (Å²) in [5, 5.41) is 7.41. The van der Waals surface area contributed by atoms with Crippen LogP contribution in [0.2, 0.25) is 0 Å². The van der Waals surface area contributed by atoms with E-state index in [2.05, 4.69) is 32.3 Å². The minimum absolute atomic E-state index is 0.106. The van der Waals surface area contributed by atoms with E-state index in [9.17, 15) is 9.18 Å². The van der Waals surface area contributed by atoms with Gasteiger partial charge in [0.15, 0.2) is 22.9 Å². The number of carbonyl (C=O) groups excluding carboxylic acids is 1. The van der Waals surface area contributed by atoms with Crippen molar-refractivity contribution in [2.45, 2.75) is 45.6 Å². The lowest BCUT2D eigenvalue weighted by Crippen LogP contribution is -2.38. The van der Waals surface area contributed by atoms with Gasteiger partial charge in [0.05, 0.1) is 23.8 Å². The van der Waals surface area contributed by atoms with Crippen LogP contribution in [0.3, 0.4) is 0 Å². The zero-order valence-corrected chi connectivity index (χ0v) is 18.5. The molecule has 0 bridgehead atoms. The van der Waals surface area contributed by atoms with Gasteiger partial charge < -0.3 is 14.6 Å². The third-order valence-corrected chi connectivity index (χ3v) is 6.14. The highest BCUT2D eigenvalue weighted by atomic mass is 19.1. The van der Waals surface area contributed by atoms with E-state index in [-0.39, 0.29) is 17.6 Å². The number of nitrogens with one attached hydrogen (secondary N) is 1. The summed E-state index contributed by atoms with van der Waals surface area (Å²) in [5.41, 5.74) is 4.01. The molecule has 0 saturated carbocycles. The smallest absolute Gasteiger partial charge is 0.227 e. The molecule has 0 unspecified atom stereocenters. The molecular formula is C23H26FN7O. The molecule has 0 aliphatic carbocycles. The molecule has 1 saturated heterocycles. The number of imidazole rings is 2. The van der Waals surface area contributed by atoms with Crippen molar-refractivity contribution in [3.05, 3.63) is 47.8 Å². The van der Waals surface area contributed by atoms with Crippen LogP contribution in [0.1, 0.15) is 36.9 Å². The van der Waals surface area contributed by atoms with Gasteiger partial charge in [-0.15, -0.1) is 0 Å². The summed E-state index contributed by atoms with van der Waals surface area (Å²) in [6.45, 7) is 4.88. The molecule has 5 heterocycles. The molecular weight excluding hydrogens is 409 g/mol. The summed E-state index contributed by atoms with van der Waals surface area (Å²) in [6, 6.07) is 3.55. The Morgan fingerprint density at radius 1 is 1.16 bits per heavy atom. The number of piperidine rings is 1. The van der Waals surface area contributed by atoms with Crippen LogP contribution in [-0.2, 0) is 4.79 Å². The summed E-state index contributed by atoms with van der Waals surface area (Å²) in [4.78, 5) is 23.5. The summed E-state index contributed by atoms with van der Waals surface area (Å²) < 4.78 is 18.2. The van der Waals surface area contributed by atoms with E-state index in [1.165, 1.54) is 12.5 Å². The van der Waals surface area contributed by atoms with Gasteiger partial charge in [-0.25, -0.2) is 18.9 Å². The van der Waals surface area contributed by atoms with Gasteiger partial charge in [0, 0.05) is 24.2 Å². The number of likely N-dealkylation sites (tertiary alicyclic amines) is 1. The van der Waals surface area contributed by atoms with Crippen molar-refractivity contribution in [2.75, 3.05) is 18.9 Å². The van der Waals surface area contributed by atoms with E-state index in [1.54, 1.807) is 21.3 Å². The highest BCUT2D eigenvalue weighted by Crippen LogP contribution is 2.24. The van der Waals surface area contributed by atoms with E-state index >= 15 is 0 Å². The SMILES string of the molecule is Cc1cn2nc(-c3cc(F)c4nc(NC(=O)C[C@@H]5CCCCN5C)cn4c3)cc(C)c2n1. The number of aryl methyl sites for hydroxylation is 2. The molecule has 32 heavy (non-hydrogen) atoms. The second-order valence-corrected chi connectivity index (χ2v) is 8.68. The molecule has 4 aromatic rings. The maximum atomic E-state index is 14.9. The quantitative estimate of drug-likeness (QED) is 0.530. The second-order valence-electron chi connectivity index (χ2n) is 8.68. The van der Waals surface area contributed by atoms with Crippen molar-refractivity contribution in [3.63, 3.8) is 0 Å². The normalized spacial score (nSPS) is 17.3. The average molecular weight is 436 g/mol. The molecule has 4 aromatic heterocycles. The number of halogens is 1. The predicted octanol–water partition coefficient (Wildman–Crippen LogP) is 3.61. The number of nitrogens with zero attached hydrogens (tertiary/aromatic N) is 6. The van der Waals surface area contributed by atoms with Gasteiger partial charge in [-0.05, 0) is 58.0 Å². The number of fused-ring (bicyclic) bond motifs is 2. The minimum Gasteiger partial charge on any atom is -0.309 e. The Bertz CT molecular complexity index is 1330. The van der Waals surface area contributed by atoms with Crippen LogP contribution in [0.25, 0.3) is 22.6 Å². The number of hydrogen-bond donors (Lipinski definition) is 1. The Kier molecular flexibility index (Phi) is 5.13. The summed E-state index contributed by atoms with van der Waals surface area (Å²) in [5.74, 6) is -0.239. The molecule has 1 aliphatic heterocycles. The number of aromatic nitrogens is 5. The summed E-state index contributed by atoms with van der Waals surface area (Å²) >= 11 is 0. The van der Waals surface area contributed by atoms with E-state index in [4.69, 9.17) is 0 Å². The first-order chi connectivity index (χ1) is 15.4. The molecule has 1 amide bonds. The van der Waals surface area contributed by atoms with E-state index in [0.717, 1.165) is 36.3 Å². The monoisotopic (exact) mass is 435 g/mol. The van der Waals surface area contributed by atoms with Crippen molar-refractivity contribution in [2.24, 2.45) is 0 Å². The number of amides is 1. The standard InChI is InChI=1S/C23H26FN7O/c1-14-8-19(28-31-11-15(2)25-22(14)31)16-9-18(24)23-27-20(13-30(23)12-16)26-21(32)10-17-6-4-5-7-29(17)3/h8-9,11-13,17H,4-7,10H2,1-3H3,(H,26,32)/t17-/m0/s1. The van der Waals surface area contributed by atoms with Crippen LogP contribution in [0, 0.1) is 19.7 Å². The van der Waals surface area contributed by atoms with E-state index in [0.29, 0.717) is 23.5 Å². The Balaban J connectivity index is 1.41. The maximum Gasteiger partial charge on any atom is 0.227 e. The first-order valence-corrected chi connectivity index (χ1v) is 10.9. The van der Waals surface area contributed by atoms with Crippen LogP contribution in [0.4, 0.5) is 10.2 Å². The third-order valence-electron chi connectivity index (χ3n) is 6.14. The highest BCUT2D eigenvalue weighted by molar-refractivity contribution is 5.90. The van der Waals surface area contributed by atoms with Crippen molar-refractivity contribution >= 4 is 23.0 Å². The number of rotatable bonds is 4. The zero-order valence-electron chi connectivity index (χ0n) is 18.5. The Morgan fingerprint density at radius 3 is 2.81 bits per heavy atom. The Labute approximate surface area is 185 Å². The van der Waals surface area contributed by atoms with Crippen LogP contribution >= 0.6 is 0 Å². The maximum absolute atomic E-state index is 14.9. The van der Waals surface area contributed by atoms with Gasteiger partial charge in [-0.3, -0.25) is 4.79 Å². The van der Waals surface area contributed by atoms with Crippen LogP contribution in [-0.4, -0.2) is 54.4 Å². The van der Waals surface area contributed by atoms with Crippen LogP contribution in [0.15, 0.2) is 30.7 Å². The topological polar surface area (TPSA) is 79.8 Å². The highest BCUT2D eigenvalue weighted by Gasteiger charge is 2.22. The predicted molar refractivity (Wildman–Crippen MR) is 120 cm³/mol. The Morgan fingerprint density at radius 2 is 2.00 bits per heavy atom. The number of pyridine rings is 1. The van der Waals surface area contributed by atoms with Crippen molar-refractivity contribution < 1.29 is 9.18 Å². The largest absolute Gasteiger partial charge is 0.309 e. The van der Waals surface area contributed by atoms with Crippen molar-refractivity contribution in [1.82, 2.24) is 28.9 Å². The molecule has 1 N–H and O–H groups in total. The van der Waals surface area contributed by atoms with Gasteiger partial charge >= 0.3 is 0 Å². The lowest BCUT2D eigenvalue weighted by Gasteiger charge is -2.31. The van der Waals surface area contributed by atoms with Gasteiger partial charge in [-0.2, -0.15) is 5.10 Å². The second kappa shape index (κ2) is 7.98. The minimum atomic E-state index is -0.476. The molecule has 5 rings (SSSR count). The molecule has 1 fully saturated rings. The first kappa shape index (κ1) is 20.6. The molecule has 9 heteroatoms. The van der Waals surface area contributed by atoms with Crippen molar-refractivity contribution in [1.29, 1.82) is 0 Å². The van der Waals surface area contributed by atoms with E-state index < -0.39 is 5.82 Å². The number of carbonyl (C=O) groups is 1. The molecule has 0 radical (unpaired) electrons. The molecule has 1 atom stereocenters. The molecule has 0 spiro atoms.